The Morgan fingerprint density at radius 3 is 2.94 bits per heavy atom. The number of hydrogen-bond acceptors (Lipinski definition) is 4. The van der Waals surface area contributed by atoms with E-state index in [1.165, 1.54) is 0 Å². The van der Waals surface area contributed by atoms with Gasteiger partial charge in [-0.3, -0.25) is 4.79 Å². The fourth-order valence-electron chi connectivity index (χ4n) is 1.85. The molecule has 0 aliphatic carbocycles. The van der Waals surface area contributed by atoms with Crippen molar-refractivity contribution in [1.29, 1.82) is 0 Å². The summed E-state index contributed by atoms with van der Waals surface area (Å²) in [5.74, 6) is -0.234. The van der Waals surface area contributed by atoms with E-state index in [2.05, 4.69) is 0 Å². The fraction of sp³-hybridized carbons (Fsp3) is 0.250. The van der Waals surface area contributed by atoms with Crippen LogP contribution in [0.3, 0.4) is 0 Å². The van der Waals surface area contributed by atoms with Gasteiger partial charge in [-0.25, -0.2) is 0 Å². The molecule has 1 heterocycles. The van der Waals surface area contributed by atoms with Gasteiger partial charge in [-0.15, -0.1) is 11.3 Å². The van der Waals surface area contributed by atoms with Crippen LogP contribution >= 0.6 is 11.3 Å². The van der Waals surface area contributed by atoms with E-state index in [1.807, 2.05) is 23.6 Å². The van der Waals surface area contributed by atoms with Crippen LogP contribution in [0.15, 0.2) is 23.6 Å². The van der Waals surface area contributed by atoms with Crippen molar-refractivity contribution in [2.24, 2.45) is 5.73 Å². The highest BCUT2D eigenvalue weighted by Gasteiger charge is 2.17. The largest absolute Gasteiger partial charge is 0.496 e. The lowest BCUT2D eigenvalue weighted by Gasteiger charge is -2.14. The van der Waals surface area contributed by atoms with E-state index >= 15 is 0 Å². The van der Waals surface area contributed by atoms with E-state index in [4.69, 9.17) is 15.6 Å². The fourth-order valence-corrected chi connectivity index (χ4v) is 2.64. The molecule has 1 aromatic heterocycles. The third-order valence-corrected chi connectivity index (χ3v) is 3.50. The van der Waals surface area contributed by atoms with Crippen molar-refractivity contribution in [3.63, 3.8) is 0 Å². The first-order chi connectivity index (χ1) is 8.13. The number of hydrogen-bond donors (Lipinski definition) is 2. The predicted molar refractivity (Wildman–Crippen MR) is 67.6 cm³/mol. The smallest absolute Gasteiger partial charge is 0.305 e. The summed E-state index contributed by atoms with van der Waals surface area (Å²) in [6, 6.07) is 5.19. The van der Waals surface area contributed by atoms with Crippen molar-refractivity contribution in [3.8, 4) is 5.75 Å². The summed E-state index contributed by atoms with van der Waals surface area (Å²) in [5, 5.41) is 11.7. The molecule has 5 heteroatoms. The number of thiophene rings is 1. The van der Waals surface area contributed by atoms with Crippen LogP contribution in [0, 0.1) is 0 Å². The first-order valence-corrected chi connectivity index (χ1v) is 6.03. The molecule has 17 heavy (non-hydrogen) atoms. The first-order valence-electron chi connectivity index (χ1n) is 5.15. The van der Waals surface area contributed by atoms with Crippen LogP contribution in [0.5, 0.6) is 5.75 Å². The Kier molecular flexibility index (Phi) is 3.31. The number of ether oxygens (including phenoxy) is 1. The molecular weight excluding hydrogens is 238 g/mol. The van der Waals surface area contributed by atoms with Crippen LogP contribution in [-0.2, 0) is 4.79 Å². The highest BCUT2D eigenvalue weighted by Crippen LogP contribution is 2.36. The zero-order valence-corrected chi connectivity index (χ0v) is 10.2. The molecule has 2 aromatic rings. The highest BCUT2D eigenvalue weighted by atomic mass is 32.1. The molecule has 0 aliphatic rings. The average molecular weight is 251 g/mol. The molecule has 1 atom stereocenters. The minimum Gasteiger partial charge on any atom is -0.496 e. The molecule has 4 nitrogen and oxygen atoms in total. The van der Waals surface area contributed by atoms with Gasteiger partial charge in [0.05, 0.1) is 13.5 Å². The molecule has 90 valence electrons. The van der Waals surface area contributed by atoms with Crippen LogP contribution in [0.1, 0.15) is 18.0 Å². The van der Waals surface area contributed by atoms with Crippen molar-refractivity contribution in [1.82, 2.24) is 0 Å². The summed E-state index contributed by atoms with van der Waals surface area (Å²) in [7, 11) is 1.57. The third kappa shape index (κ3) is 2.25. The number of methoxy groups -OCH3 is 1. The Labute approximate surface area is 103 Å². The zero-order chi connectivity index (χ0) is 12.4. The number of fused-ring (bicyclic) bond motifs is 1. The van der Waals surface area contributed by atoms with Gasteiger partial charge in [0.2, 0.25) is 0 Å². The molecule has 0 aliphatic heterocycles. The van der Waals surface area contributed by atoms with Gasteiger partial charge in [-0.1, -0.05) is 6.07 Å². The summed E-state index contributed by atoms with van der Waals surface area (Å²) in [6.45, 7) is 0. The van der Waals surface area contributed by atoms with E-state index < -0.39 is 12.0 Å². The van der Waals surface area contributed by atoms with E-state index in [0.29, 0.717) is 5.75 Å². The SMILES string of the molecule is COc1c(C(N)CC(=O)O)ccc2sccc12. The highest BCUT2D eigenvalue weighted by molar-refractivity contribution is 7.17. The third-order valence-electron chi connectivity index (χ3n) is 2.61. The lowest BCUT2D eigenvalue weighted by Crippen LogP contribution is -2.15. The quantitative estimate of drug-likeness (QED) is 0.875. The number of aliphatic carboxylic acids is 1. The molecule has 0 amide bonds. The zero-order valence-electron chi connectivity index (χ0n) is 9.34. The minimum absolute atomic E-state index is 0.105. The summed E-state index contributed by atoms with van der Waals surface area (Å²) in [4.78, 5) is 10.7. The summed E-state index contributed by atoms with van der Waals surface area (Å²) in [5.41, 5.74) is 6.61. The minimum atomic E-state index is -0.912. The maximum absolute atomic E-state index is 10.7. The Bertz CT molecular complexity index is 550. The van der Waals surface area contributed by atoms with Crippen LogP contribution < -0.4 is 10.5 Å². The number of benzene rings is 1. The van der Waals surface area contributed by atoms with E-state index in [0.717, 1.165) is 15.6 Å². The lowest BCUT2D eigenvalue weighted by atomic mass is 10.0. The van der Waals surface area contributed by atoms with Crippen molar-refractivity contribution < 1.29 is 14.6 Å². The molecule has 0 spiro atoms. The standard InChI is InChI=1S/C12H13NO3S/c1-16-12-7(9(13)6-11(14)15)2-3-10-8(12)4-5-17-10/h2-5,9H,6,13H2,1H3,(H,14,15). The topological polar surface area (TPSA) is 72.5 Å². The number of rotatable bonds is 4. The van der Waals surface area contributed by atoms with Crippen LogP contribution in [0.25, 0.3) is 10.1 Å². The second-order valence-corrected chi connectivity index (χ2v) is 4.67. The van der Waals surface area contributed by atoms with Crippen molar-refractivity contribution >= 4 is 27.4 Å². The van der Waals surface area contributed by atoms with Gasteiger partial charge in [0.1, 0.15) is 5.75 Å². The average Bonchev–Trinajstić information content (AvgIpc) is 2.74. The lowest BCUT2D eigenvalue weighted by molar-refractivity contribution is -0.137. The molecule has 0 saturated heterocycles. The van der Waals surface area contributed by atoms with Crippen molar-refractivity contribution in [2.75, 3.05) is 7.11 Å². The number of carboxylic acid groups (broad SMARTS) is 1. The Hall–Kier alpha value is -1.59. The van der Waals surface area contributed by atoms with Gasteiger partial charge >= 0.3 is 5.97 Å². The van der Waals surface area contributed by atoms with Crippen molar-refractivity contribution in [3.05, 3.63) is 29.1 Å². The van der Waals surface area contributed by atoms with Crippen LogP contribution in [0.2, 0.25) is 0 Å². The number of carboxylic acids is 1. The van der Waals surface area contributed by atoms with E-state index in [-0.39, 0.29) is 6.42 Å². The van der Waals surface area contributed by atoms with Gasteiger partial charge in [0.25, 0.3) is 0 Å². The maximum Gasteiger partial charge on any atom is 0.305 e. The first kappa shape index (κ1) is 11.9. The molecule has 2 rings (SSSR count). The molecule has 1 aromatic carbocycles. The number of carbonyl (C=O) groups is 1. The number of nitrogens with two attached hydrogens (primary N) is 1. The van der Waals surface area contributed by atoms with Crippen LogP contribution in [-0.4, -0.2) is 18.2 Å². The van der Waals surface area contributed by atoms with Gasteiger partial charge in [-0.2, -0.15) is 0 Å². The van der Waals surface area contributed by atoms with Gasteiger partial charge in [0, 0.05) is 21.7 Å². The summed E-state index contributed by atoms with van der Waals surface area (Å²) in [6.07, 6.45) is -0.105. The Morgan fingerprint density at radius 1 is 1.53 bits per heavy atom. The van der Waals surface area contributed by atoms with Gasteiger partial charge < -0.3 is 15.6 Å². The molecule has 0 bridgehead atoms. The monoisotopic (exact) mass is 251 g/mol. The molecule has 0 radical (unpaired) electrons. The molecule has 0 fully saturated rings. The van der Waals surface area contributed by atoms with E-state index in [1.54, 1.807) is 18.4 Å². The Balaban J connectivity index is 2.49. The van der Waals surface area contributed by atoms with Crippen molar-refractivity contribution in [2.45, 2.75) is 12.5 Å². The second kappa shape index (κ2) is 4.73. The van der Waals surface area contributed by atoms with Gasteiger partial charge in [-0.05, 0) is 17.5 Å². The summed E-state index contributed by atoms with van der Waals surface area (Å²) >= 11 is 1.61. The van der Waals surface area contributed by atoms with Crippen LogP contribution in [0.4, 0.5) is 0 Å². The summed E-state index contributed by atoms with van der Waals surface area (Å²) < 4.78 is 6.46. The normalized spacial score (nSPS) is 12.6. The second-order valence-electron chi connectivity index (χ2n) is 3.72. The maximum atomic E-state index is 10.7. The predicted octanol–water partition coefficient (Wildman–Crippen LogP) is 2.38. The van der Waals surface area contributed by atoms with E-state index in [9.17, 15) is 4.79 Å². The molecular formula is C12H13NO3S. The molecule has 0 saturated carbocycles. The molecule has 1 unspecified atom stereocenters. The Morgan fingerprint density at radius 2 is 2.29 bits per heavy atom. The van der Waals surface area contributed by atoms with Gasteiger partial charge in [0.15, 0.2) is 0 Å². The molecule has 3 N–H and O–H groups in total.